The molecular formula is C22H21Cl2N3O4S. The standard InChI is InChI=1S/C22H21Cl2N3O4S/c1-3-30-21(28)10-17-13-32-22(26-17)27-25-11-14-4-7-19(20(8-14)29-2)31-12-15-5-6-16(23)9-18(15)24/h4-9,11,13H,3,10,12H2,1-2H3,(H,26,27). The highest BCUT2D eigenvalue weighted by molar-refractivity contribution is 7.13. The molecule has 0 aliphatic heterocycles. The number of methoxy groups -OCH3 is 1. The molecule has 0 radical (unpaired) electrons. The summed E-state index contributed by atoms with van der Waals surface area (Å²) in [6.45, 7) is 2.39. The zero-order valence-corrected chi connectivity index (χ0v) is 19.8. The zero-order valence-electron chi connectivity index (χ0n) is 17.4. The van der Waals surface area contributed by atoms with Crippen molar-refractivity contribution in [3.63, 3.8) is 0 Å². The molecule has 0 fully saturated rings. The van der Waals surface area contributed by atoms with Crippen LogP contribution < -0.4 is 14.9 Å². The number of ether oxygens (including phenoxy) is 3. The molecule has 0 atom stereocenters. The Labute approximate surface area is 199 Å². The third-order valence-electron chi connectivity index (χ3n) is 4.14. The Morgan fingerprint density at radius 1 is 1.22 bits per heavy atom. The Balaban J connectivity index is 1.59. The molecule has 7 nitrogen and oxygen atoms in total. The van der Waals surface area contributed by atoms with E-state index in [0.29, 0.717) is 39.0 Å². The van der Waals surface area contributed by atoms with E-state index in [1.54, 1.807) is 49.9 Å². The van der Waals surface area contributed by atoms with Crippen molar-refractivity contribution >= 4 is 51.9 Å². The molecule has 0 bridgehead atoms. The van der Waals surface area contributed by atoms with Crippen LogP contribution in [0.15, 0.2) is 46.9 Å². The van der Waals surface area contributed by atoms with Crippen LogP contribution >= 0.6 is 34.5 Å². The fraction of sp³-hybridized carbons (Fsp3) is 0.227. The van der Waals surface area contributed by atoms with E-state index in [0.717, 1.165) is 11.1 Å². The van der Waals surface area contributed by atoms with Gasteiger partial charge in [0.25, 0.3) is 0 Å². The molecule has 0 aliphatic rings. The van der Waals surface area contributed by atoms with Gasteiger partial charge in [-0.3, -0.25) is 10.2 Å². The minimum atomic E-state index is -0.305. The van der Waals surface area contributed by atoms with Gasteiger partial charge in [-0.2, -0.15) is 5.10 Å². The van der Waals surface area contributed by atoms with E-state index < -0.39 is 0 Å². The molecule has 0 unspecified atom stereocenters. The van der Waals surface area contributed by atoms with Crippen LogP contribution in [0.5, 0.6) is 11.5 Å². The van der Waals surface area contributed by atoms with Crippen LogP contribution in [-0.2, 0) is 22.6 Å². The van der Waals surface area contributed by atoms with E-state index >= 15 is 0 Å². The number of nitrogens with zero attached hydrogens (tertiary/aromatic N) is 2. The third kappa shape index (κ3) is 6.85. The summed E-state index contributed by atoms with van der Waals surface area (Å²) in [6, 6.07) is 10.7. The van der Waals surface area contributed by atoms with Gasteiger partial charge in [0.1, 0.15) is 6.61 Å². The minimum absolute atomic E-state index is 0.135. The van der Waals surface area contributed by atoms with Gasteiger partial charge in [0.05, 0.1) is 32.0 Å². The second-order valence-corrected chi connectivity index (χ2v) is 8.13. The molecule has 1 N–H and O–H groups in total. The number of hydrazone groups is 1. The van der Waals surface area contributed by atoms with Crippen LogP contribution in [0.4, 0.5) is 5.13 Å². The van der Waals surface area contributed by atoms with Gasteiger partial charge in [-0.15, -0.1) is 11.3 Å². The summed E-state index contributed by atoms with van der Waals surface area (Å²) in [5, 5.41) is 7.67. The summed E-state index contributed by atoms with van der Waals surface area (Å²) in [5.41, 5.74) is 5.11. The van der Waals surface area contributed by atoms with Crippen molar-refractivity contribution in [2.24, 2.45) is 5.10 Å². The second-order valence-electron chi connectivity index (χ2n) is 6.43. The van der Waals surface area contributed by atoms with Gasteiger partial charge in [-0.25, -0.2) is 4.98 Å². The van der Waals surface area contributed by atoms with Crippen LogP contribution in [0.2, 0.25) is 10.0 Å². The van der Waals surface area contributed by atoms with Crippen LogP contribution in [0, 0.1) is 0 Å². The number of halogens is 2. The van der Waals surface area contributed by atoms with E-state index in [2.05, 4.69) is 15.5 Å². The number of benzene rings is 2. The molecule has 168 valence electrons. The summed E-state index contributed by atoms with van der Waals surface area (Å²) >= 11 is 13.5. The first kappa shape index (κ1) is 23.8. The average molecular weight is 494 g/mol. The number of aromatic nitrogens is 1. The van der Waals surface area contributed by atoms with E-state index in [1.165, 1.54) is 11.3 Å². The van der Waals surface area contributed by atoms with Crippen molar-refractivity contribution < 1.29 is 19.0 Å². The molecule has 0 saturated heterocycles. The molecule has 3 aromatic rings. The molecule has 3 rings (SSSR count). The topological polar surface area (TPSA) is 82.0 Å². The molecule has 1 heterocycles. The first-order valence-electron chi connectivity index (χ1n) is 9.62. The molecule has 0 saturated carbocycles. The SMILES string of the molecule is CCOC(=O)Cc1csc(NN=Cc2ccc(OCc3ccc(Cl)cc3Cl)c(OC)c2)n1. The predicted octanol–water partition coefficient (Wildman–Crippen LogP) is 5.59. The number of hydrogen-bond acceptors (Lipinski definition) is 8. The third-order valence-corrected chi connectivity index (χ3v) is 5.53. The number of rotatable bonds is 10. The normalized spacial score (nSPS) is 10.9. The Kier molecular flexibility index (Phi) is 8.72. The number of carbonyl (C=O) groups excluding carboxylic acids is 1. The minimum Gasteiger partial charge on any atom is -0.493 e. The van der Waals surface area contributed by atoms with Crippen LogP contribution in [0.3, 0.4) is 0 Å². The van der Waals surface area contributed by atoms with Gasteiger partial charge in [0, 0.05) is 21.0 Å². The number of carbonyl (C=O) groups is 1. The molecule has 32 heavy (non-hydrogen) atoms. The van der Waals surface area contributed by atoms with Crippen molar-refractivity contribution in [3.05, 3.63) is 68.6 Å². The number of thiazole rings is 1. The summed E-state index contributed by atoms with van der Waals surface area (Å²) in [4.78, 5) is 15.8. The Bertz CT molecular complexity index is 1100. The van der Waals surface area contributed by atoms with Gasteiger partial charge >= 0.3 is 5.97 Å². The van der Waals surface area contributed by atoms with Gasteiger partial charge in [-0.1, -0.05) is 29.3 Å². The van der Waals surface area contributed by atoms with Gasteiger partial charge in [0.15, 0.2) is 11.5 Å². The predicted molar refractivity (Wildman–Crippen MR) is 127 cm³/mol. The van der Waals surface area contributed by atoms with Crippen molar-refractivity contribution in [1.82, 2.24) is 4.98 Å². The number of nitrogens with one attached hydrogen (secondary N) is 1. The Hall–Kier alpha value is -2.81. The van der Waals surface area contributed by atoms with E-state index in [1.807, 2.05) is 12.1 Å². The monoisotopic (exact) mass is 493 g/mol. The van der Waals surface area contributed by atoms with Gasteiger partial charge in [-0.05, 0) is 42.8 Å². The van der Waals surface area contributed by atoms with E-state index in [-0.39, 0.29) is 19.0 Å². The number of anilines is 1. The molecule has 0 spiro atoms. The smallest absolute Gasteiger partial charge is 0.311 e. The highest BCUT2D eigenvalue weighted by atomic mass is 35.5. The fourth-order valence-corrected chi connectivity index (χ4v) is 3.76. The quantitative estimate of drug-likeness (QED) is 0.225. The largest absolute Gasteiger partial charge is 0.493 e. The van der Waals surface area contributed by atoms with Crippen molar-refractivity contribution in [2.75, 3.05) is 19.1 Å². The van der Waals surface area contributed by atoms with Crippen LogP contribution in [0.25, 0.3) is 0 Å². The first-order chi connectivity index (χ1) is 15.5. The maximum atomic E-state index is 11.5. The van der Waals surface area contributed by atoms with Crippen molar-refractivity contribution in [1.29, 1.82) is 0 Å². The maximum absolute atomic E-state index is 11.5. The molecule has 1 aromatic heterocycles. The highest BCUT2D eigenvalue weighted by Crippen LogP contribution is 2.30. The highest BCUT2D eigenvalue weighted by Gasteiger charge is 2.09. The first-order valence-corrected chi connectivity index (χ1v) is 11.3. The second kappa shape index (κ2) is 11.7. The summed E-state index contributed by atoms with van der Waals surface area (Å²) < 4.78 is 16.2. The molecule has 2 aromatic carbocycles. The number of esters is 1. The average Bonchev–Trinajstić information content (AvgIpc) is 3.20. The maximum Gasteiger partial charge on any atom is 0.311 e. The zero-order chi connectivity index (χ0) is 22.9. The summed E-state index contributed by atoms with van der Waals surface area (Å²) in [7, 11) is 1.57. The molecule has 0 amide bonds. The summed E-state index contributed by atoms with van der Waals surface area (Å²) in [6.07, 6.45) is 1.77. The fourth-order valence-electron chi connectivity index (χ4n) is 2.64. The lowest BCUT2D eigenvalue weighted by Gasteiger charge is -2.12. The van der Waals surface area contributed by atoms with E-state index in [4.69, 9.17) is 37.4 Å². The van der Waals surface area contributed by atoms with E-state index in [9.17, 15) is 4.79 Å². The van der Waals surface area contributed by atoms with Gasteiger partial charge < -0.3 is 14.2 Å². The molecule has 10 heteroatoms. The number of hydrogen-bond donors (Lipinski definition) is 1. The van der Waals surface area contributed by atoms with Crippen molar-refractivity contribution in [3.8, 4) is 11.5 Å². The lowest BCUT2D eigenvalue weighted by Crippen LogP contribution is -2.07. The molecule has 0 aliphatic carbocycles. The van der Waals surface area contributed by atoms with Crippen molar-refractivity contribution in [2.45, 2.75) is 20.0 Å². The molecular weight excluding hydrogens is 473 g/mol. The summed E-state index contributed by atoms with van der Waals surface area (Å²) in [5.74, 6) is 0.831. The van der Waals surface area contributed by atoms with Gasteiger partial charge in [0.2, 0.25) is 5.13 Å². The Morgan fingerprint density at radius 3 is 2.81 bits per heavy atom. The van der Waals surface area contributed by atoms with Crippen LogP contribution in [0.1, 0.15) is 23.7 Å². The Morgan fingerprint density at radius 2 is 2.06 bits per heavy atom. The lowest BCUT2D eigenvalue weighted by molar-refractivity contribution is -0.142. The lowest BCUT2D eigenvalue weighted by atomic mass is 10.2. The van der Waals surface area contributed by atoms with Crippen LogP contribution in [-0.4, -0.2) is 30.9 Å².